The number of halogens is 4. The summed E-state index contributed by atoms with van der Waals surface area (Å²) < 4.78 is 53.2. The fraction of sp³-hybridized carbons (Fsp3) is 0. The number of aromatic hydroxyl groups is 2. The zero-order chi connectivity index (χ0) is 13.4. The van der Waals surface area contributed by atoms with Crippen LogP contribution < -0.4 is 0 Å². The highest BCUT2D eigenvalue weighted by molar-refractivity contribution is 5.76. The molecule has 0 aromatic heterocycles. The minimum atomic E-state index is -1.21. The monoisotopic (exact) mass is 258 g/mol. The fourth-order valence-corrected chi connectivity index (χ4v) is 1.56. The molecule has 2 nitrogen and oxygen atoms in total. The lowest BCUT2D eigenvalue weighted by atomic mass is 10.0. The second kappa shape index (κ2) is 4.21. The lowest BCUT2D eigenvalue weighted by molar-refractivity contribution is 0.419. The predicted molar refractivity (Wildman–Crippen MR) is 55.0 cm³/mol. The van der Waals surface area contributed by atoms with Crippen molar-refractivity contribution in [3.8, 4) is 22.6 Å². The van der Waals surface area contributed by atoms with E-state index in [1.165, 1.54) is 0 Å². The molecule has 94 valence electrons. The first-order valence-electron chi connectivity index (χ1n) is 4.77. The number of hydrogen-bond acceptors (Lipinski definition) is 2. The molecule has 2 rings (SSSR count). The smallest absolute Gasteiger partial charge is 0.165 e. The summed E-state index contributed by atoms with van der Waals surface area (Å²) in [7, 11) is 0. The minimum absolute atomic E-state index is 0.627. The van der Waals surface area contributed by atoms with Crippen molar-refractivity contribution in [2.24, 2.45) is 0 Å². The Morgan fingerprint density at radius 3 is 1.17 bits per heavy atom. The molecule has 0 amide bonds. The molecule has 18 heavy (non-hydrogen) atoms. The molecule has 0 aliphatic carbocycles. The van der Waals surface area contributed by atoms with Gasteiger partial charge in [-0.3, -0.25) is 0 Å². The van der Waals surface area contributed by atoms with Gasteiger partial charge in [0.15, 0.2) is 23.1 Å². The van der Waals surface area contributed by atoms with Gasteiger partial charge >= 0.3 is 0 Å². The zero-order valence-corrected chi connectivity index (χ0v) is 8.72. The van der Waals surface area contributed by atoms with Gasteiger partial charge in [0.2, 0.25) is 0 Å². The van der Waals surface area contributed by atoms with E-state index in [2.05, 4.69) is 0 Å². The Bertz CT molecular complexity index is 570. The normalized spacial score (nSPS) is 10.7. The van der Waals surface area contributed by atoms with Crippen LogP contribution in [-0.4, -0.2) is 10.2 Å². The Labute approximate surface area is 98.7 Å². The van der Waals surface area contributed by atoms with Gasteiger partial charge in [-0.25, -0.2) is 17.6 Å². The van der Waals surface area contributed by atoms with Gasteiger partial charge in [-0.15, -0.1) is 0 Å². The highest BCUT2D eigenvalue weighted by Gasteiger charge is 2.23. The molecule has 0 radical (unpaired) electrons. The molecular formula is C12H6F4O2. The first-order chi connectivity index (χ1) is 8.43. The van der Waals surface area contributed by atoms with Crippen LogP contribution in [0.2, 0.25) is 0 Å². The van der Waals surface area contributed by atoms with Crippen molar-refractivity contribution in [3.63, 3.8) is 0 Å². The van der Waals surface area contributed by atoms with Crippen molar-refractivity contribution in [3.05, 3.63) is 47.5 Å². The summed E-state index contributed by atoms with van der Waals surface area (Å²) in [5.41, 5.74) is -1.85. The molecule has 0 heterocycles. The summed E-state index contributed by atoms with van der Waals surface area (Å²) >= 11 is 0. The topological polar surface area (TPSA) is 40.5 Å². The third-order valence-corrected chi connectivity index (χ3v) is 2.41. The third kappa shape index (κ3) is 1.75. The van der Waals surface area contributed by atoms with Gasteiger partial charge < -0.3 is 10.2 Å². The van der Waals surface area contributed by atoms with Gasteiger partial charge in [0.1, 0.15) is 11.6 Å². The van der Waals surface area contributed by atoms with Crippen LogP contribution in [-0.2, 0) is 0 Å². The molecule has 0 saturated heterocycles. The zero-order valence-electron chi connectivity index (χ0n) is 8.72. The Kier molecular flexibility index (Phi) is 2.86. The van der Waals surface area contributed by atoms with Crippen molar-refractivity contribution < 1.29 is 27.8 Å². The van der Waals surface area contributed by atoms with E-state index in [1.807, 2.05) is 0 Å². The van der Waals surface area contributed by atoms with E-state index in [0.717, 1.165) is 0 Å². The molecule has 0 fully saturated rings. The second-order valence-electron chi connectivity index (χ2n) is 3.51. The Hall–Kier alpha value is -2.24. The molecule has 6 heteroatoms. The molecule has 2 N–H and O–H groups in total. The summed E-state index contributed by atoms with van der Waals surface area (Å²) in [6.07, 6.45) is 0. The standard InChI is InChI=1S/C12H6F4O2/c13-5-1-3-7(15)11(17)9(5)10-6(14)2-4-8(16)12(10)18/h1-4,17-18H. The number of rotatable bonds is 1. The van der Waals surface area contributed by atoms with Crippen LogP contribution in [0.15, 0.2) is 24.3 Å². The maximum absolute atomic E-state index is 13.5. The van der Waals surface area contributed by atoms with Gasteiger partial charge in [-0.2, -0.15) is 0 Å². The Morgan fingerprint density at radius 2 is 0.833 bits per heavy atom. The van der Waals surface area contributed by atoms with Gasteiger partial charge in [-0.1, -0.05) is 0 Å². The highest BCUT2D eigenvalue weighted by atomic mass is 19.1. The quantitative estimate of drug-likeness (QED) is 0.770. The maximum Gasteiger partial charge on any atom is 0.165 e. The second-order valence-corrected chi connectivity index (χ2v) is 3.51. The van der Waals surface area contributed by atoms with Crippen molar-refractivity contribution >= 4 is 0 Å². The first kappa shape index (κ1) is 12.2. The average molecular weight is 258 g/mol. The molecule has 0 aliphatic rings. The molecular weight excluding hydrogens is 252 g/mol. The van der Waals surface area contributed by atoms with E-state index in [4.69, 9.17) is 0 Å². The fourth-order valence-electron chi connectivity index (χ4n) is 1.56. The van der Waals surface area contributed by atoms with Crippen molar-refractivity contribution in [1.29, 1.82) is 0 Å². The van der Waals surface area contributed by atoms with Crippen LogP contribution >= 0.6 is 0 Å². The molecule has 0 bridgehead atoms. The number of benzene rings is 2. The number of phenols is 2. The molecule has 0 spiro atoms. The molecule has 0 saturated carbocycles. The maximum atomic E-state index is 13.5. The van der Waals surface area contributed by atoms with Crippen LogP contribution in [0.25, 0.3) is 11.1 Å². The van der Waals surface area contributed by atoms with Crippen LogP contribution in [0.3, 0.4) is 0 Å². The predicted octanol–water partition coefficient (Wildman–Crippen LogP) is 3.32. The summed E-state index contributed by atoms with van der Waals surface area (Å²) in [5, 5.41) is 18.7. The summed E-state index contributed by atoms with van der Waals surface area (Å²) in [4.78, 5) is 0. The van der Waals surface area contributed by atoms with E-state index in [9.17, 15) is 27.8 Å². The molecule has 0 unspecified atom stereocenters. The van der Waals surface area contributed by atoms with Crippen molar-refractivity contribution in [2.75, 3.05) is 0 Å². The minimum Gasteiger partial charge on any atom is -0.504 e. The van der Waals surface area contributed by atoms with Crippen LogP contribution in [0.4, 0.5) is 17.6 Å². The number of hydrogen-bond donors (Lipinski definition) is 2. The third-order valence-electron chi connectivity index (χ3n) is 2.41. The summed E-state index contributed by atoms with van der Waals surface area (Å²) in [5.74, 6) is -7.20. The van der Waals surface area contributed by atoms with Crippen molar-refractivity contribution in [1.82, 2.24) is 0 Å². The van der Waals surface area contributed by atoms with Crippen molar-refractivity contribution in [2.45, 2.75) is 0 Å². The van der Waals surface area contributed by atoms with E-state index < -0.39 is 45.9 Å². The van der Waals surface area contributed by atoms with Gasteiger partial charge in [0.05, 0.1) is 11.1 Å². The number of phenolic OH excluding ortho intramolecular Hbond substituents is 2. The van der Waals surface area contributed by atoms with Gasteiger partial charge in [0, 0.05) is 0 Å². The van der Waals surface area contributed by atoms with E-state index >= 15 is 0 Å². The van der Waals surface area contributed by atoms with E-state index in [1.54, 1.807) is 0 Å². The highest BCUT2D eigenvalue weighted by Crippen LogP contribution is 2.41. The first-order valence-corrected chi connectivity index (χ1v) is 4.77. The molecule has 2 aromatic carbocycles. The Balaban J connectivity index is 2.85. The lowest BCUT2D eigenvalue weighted by Crippen LogP contribution is -1.94. The molecule has 0 aliphatic heterocycles. The largest absolute Gasteiger partial charge is 0.504 e. The van der Waals surface area contributed by atoms with E-state index in [0.29, 0.717) is 24.3 Å². The van der Waals surface area contributed by atoms with Crippen LogP contribution in [0.5, 0.6) is 11.5 Å². The van der Waals surface area contributed by atoms with E-state index in [-0.39, 0.29) is 0 Å². The van der Waals surface area contributed by atoms with Gasteiger partial charge in [-0.05, 0) is 24.3 Å². The molecule has 2 aromatic rings. The molecule has 0 atom stereocenters. The van der Waals surface area contributed by atoms with Crippen LogP contribution in [0, 0.1) is 23.3 Å². The lowest BCUT2D eigenvalue weighted by Gasteiger charge is -2.10. The SMILES string of the molecule is Oc1c(F)ccc(F)c1-c1c(F)ccc(F)c1O. The average Bonchev–Trinajstić information content (AvgIpc) is 2.33. The van der Waals surface area contributed by atoms with Crippen LogP contribution in [0.1, 0.15) is 0 Å². The summed E-state index contributed by atoms with van der Waals surface area (Å²) in [6.45, 7) is 0. The Morgan fingerprint density at radius 1 is 0.556 bits per heavy atom. The van der Waals surface area contributed by atoms with Gasteiger partial charge in [0.25, 0.3) is 0 Å². The summed E-state index contributed by atoms with van der Waals surface area (Å²) in [6, 6.07) is 2.52.